The standard InChI is InChI=1S/C16H27N3O4S/c1-5-19-24(21,22)14-9-7-13(8-10-14)17-11-6-12-18-15(20)23-16(2,3)4/h7-10,17,19H,5-6,11-12H2,1-4H3,(H,18,20). The molecule has 24 heavy (non-hydrogen) atoms. The molecule has 0 radical (unpaired) electrons. The van der Waals surface area contributed by atoms with Crippen LogP contribution in [0.15, 0.2) is 29.2 Å². The van der Waals surface area contributed by atoms with Gasteiger partial charge in [0.1, 0.15) is 5.60 Å². The predicted octanol–water partition coefficient (Wildman–Crippen LogP) is 2.31. The average Bonchev–Trinajstić information content (AvgIpc) is 2.45. The summed E-state index contributed by atoms with van der Waals surface area (Å²) >= 11 is 0. The summed E-state index contributed by atoms with van der Waals surface area (Å²) in [5.74, 6) is 0. The Morgan fingerprint density at radius 3 is 2.29 bits per heavy atom. The van der Waals surface area contributed by atoms with Crippen molar-refractivity contribution in [2.75, 3.05) is 25.0 Å². The van der Waals surface area contributed by atoms with Crippen LogP contribution in [0.25, 0.3) is 0 Å². The van der Waals surface area contributed by atoms with Crippen LogP contribution in [-0.4, -0.2) is 39.7 Å². The van der Waals surface area contributed by atoms with Crippen molar-refractivity contribution < 1.29 is 17.9 Å². The van der Waals surface area contributed by atoms with Gasteiger partial charge in [0.15, 0.2) is 0 Å². The molecule has 0 aliphatic rings. The van der Waals surface area contributed by atoms with E-state index in [1.54, 1.807) is 31.2 Å². The van der Waals surface area contributed by atoms with E-state index in [9.17, 15) is 13.2 Å². The number of nitrogens with one attached hydrogen (secondary N) is 3. The number of carbonyl (C=O) groups excluding carboxylic acids is 1. The summed E-state index contributed by atoms with van der Waals surface area (Å²) in [6, 6.07) is 6.54. The molecule has 3 N–H and O–H groups in total. The maximum absolute atomic E-state index is 11.8. The topological polar surface area (TPSA) is 96.5 Å². The lowest BCUT2D eigenvalue weighted by Crippen LogP contribution is -2.33. The second kappa shape index (κ2) is 8.89. The molecule has 0 saturated heterocycles. The maximum Gasteiger partial charge on any atom is 0.407 e. The molecular weight excluding hydrogens is 330 g/mol. The van der Waals surface area contributed by atoms with E-state index in [2.05, 4.69) is 15.4 Å². The van der Waals surface area contributed by atoms with E-state index >= 15 is 0 Å². The predicted molar refractivity (Wildman–Crippen MR) is 94.6 cm³/mol. The number of anilines is 1. The average molecular weight is 357 g/mol. The molecule has 7 nitrogen and oxygen atoms in total. The lowest BCUT2D eigenvalue weighted by molar-refractivity contribution is 0.0528. The number of hydrogen-bond acceptors (Lipinski definition) is 5. The number of alkyl carbamates (subject to hydrolysis) is 1. The number of hydrogen-bond donors (Lipinski definition) is 3. The van der Waals surface area contributed by atoms with Gasteiger partial charge in [0.05, 0.1) is 4.90 Å². The summed E-state index contributed by atoms with van der Waals surface area (Å²) in [4.78, 5) is 11.7. The third-order valence-corrected chi connectivity index (χ3v) is 4.41. The zero-order valence-electron chi connectivity index (χ0n) is 14.7. The van der Waals surface area contributed by atoms with Gasteiger partial charge < -0.3 is 15.4 Å². The fourth-order valence-corrected chi connectivity index (χ4v) is 2.89. The van der Waals surface area contributed by atoms with Gasteiger partial charge in [-0.05, 0) is 51.5 Å². The number of ether oxygens (including phenoxy) is 1. The van der Waals surface area contributed by atoms with Gasteiger partial charge in [0.25, 0.3) is 0 Å². The van der Waals surface area contributed by atoms with Crippen LogP contribution >= 0.6 is 0 Å². The maximum atomic E-state index is 11.8. The molecule has 0 aliphatic heterocycles. The third kappa shape index (κ3) is 7.65. The highest BCUT2D eigenvalue weighted by molar-refractivity contribution is 7.89. The molecule has 0 saturated carbocycles. The van der Waals surface area contributed by atoms with Crippen LogP contribution in [0.1, 0.15) is 34.1 Å². The zero-order valence-corrected chi connectivity index (χ0v) is 15.5. The van der Waals surface area contributed by atoms with E-state index in [1.165, 1.54) is 0 Å². The fourth-order valence-electron chi connectivity index (χ4n) is 1.85. The van der Waals surface area contributed by atoms with Gasteiger partial charge in [-0.2, -0.15) is 0 Å². The van der Waals surface area contributed by atoms with Crippen molar-refractivity contribution in [2.24, 2.45) is 0 Å². The molecule has 0 spiro atoms. The van der Waals surface area contributed by atoms with Crippen molar-refractivity contribution in [1.29, 1.82) is 0 Å². The minimum Gasteiger partial charge on any atom is -0.444 e. The summed E-state index contributed by atoms with van der Waals surface area (Å²) in [5.41, 5.74) is 0.319. The Balaban J connectivity index is 2.33. The smallest absolute Gasteiger partial charge is 0.407 e. The lowest BCUT2D eigenvalue weighted by atomic mass is 10.2. The van der Waals surface area contributed by atoms with Gasteiger partial charge >= 0.3 is 6.09 Å². The summed E-state index contributed by atoms with van der Waals surface area (Å²) < 4.78 is 31.2. The molecule has 0 heterocycles. The van der Waals surface area contributed by atoms with Crippen LogP contribution in [0.5, 0.6) is 0 Å². The Hall–Kier alpha value is -1.80. The van der Waals surface area contributed by atoms with Crippen molar-refractivity contribution in [3.63, 3.8) is 0 Å². The Morgan fingerprint density at radius 1 is 1.12 bits per heavy atom. The Labute approximate surface area is 144 Å². The monoisotopic (exact) mass is 357 g/mol. The largest absolute Gasteiger partial charge is 0.444 e. The first-order chi connectivity index (χ1) is 11.1. The molecule has 1 amide bonds. The number of sulfonamides is 1. The molecule has 0 aliphatic carbocycles. The van der Waals surface area contributed by atoms with Crippen molar-refractivity contribution in [3.8, 4) is 0 Å². The molecule has 136 valence electrons. The van der Waals surface area contributed by atoms with Crippen molar-refractivity contribution in [2.45, 2.75) is 44.6 Å². The third-order valence-electron chi connectivity index (χ3n) is 2.85. The first-order valence-electron chi connectivity index (χ1n) is 7.94. The van der Waals surface area contributed by atoms with Crippen molar-refractivity contribution >= 4 is 21.8 Å². The molecule has 0 fully saturated rings. The van der Waals surface area contributed by atoms with E-state index in [0.29, 0.717) is 19.6 Å². The van der Waals surface area contributed by atoms with Crippen molar-refractivity contribution in [1.82, 2.24) is 10.0 Å². The van der Waals surface area contributed by atoms with Gasteiger partial charge in [-0.15, -0.1) is 0 Å². The fraction of sp³-hybridized carbons (Fsp3) is 0.562. The summed E-state index contributed by atoms with van der Waals surface area (Å²) in [7, 11) is -3.42. The van der Waals surface area contributed by atoms with Gasteiger partial charge in [-0.1, -0.05) is 6.92 Å². The molecule has 1 rings (SSSR count). The van der Waals surface area contributed by atoms with Crippen molar-refractivity contribution in [3.05, 3.63) is 24.3 Å². The first kappa shape index (κ1) is 20.2. The van der Waals surface area contributed by atoms with Gasteiger partial charge in [-0.25, -0.2) is 17.9 Å². The summed E-state index contributed by atoms with van der Waals surface area (Å²) in [5, 5.41) is 5.85. The highest BCUT2D eigenvalue weighted by Gasteiger charge is 2.15. The quantitative estimate of drug-likeness (QED) is 0.621. The molecule has 0 unspecified atom stereocenters. The minimum atomic E-state index is -3.42. The van der Waals surface area contributed by atoms with Gasteiger partial charge in [0.2, 0.25) is 10.0 Å². The number of amides is 1. The van der Waals surface area contributed by atoms with Crippen LogP contribution < -0.4 is 15.4 Å². The molecule has 1 aromatic rings. The van der Waals surface area contributed by atoms with Gasteiger partial charge in [-0.3, -0.25) is 0 Å². The Bertz CT molecular complexity index is 622. The van der Waals surface area contributed by atoms with Crippen LogP contribution in [0.3, 0.4) is 0 Å². The van der Waals surface area contributed by atoms with Crippen LogP contribution in [0.2, 0.25) is 0 Å². The van der Waals surface area contributed by atoms with Gasteiger partial charge in [0, 0.05) is 25.3 Å². The van der Waals surface area contributed by atoms with E-state index in [1.807, 2.05) is 20.8 Å². The molecular formula is C16H27N3O4S. The van der Waals surface area contributed by atoms with E-state index in [0.717, 1.165) is 12.1 Å². The second-order valence-corrected chi connectivity index (χ2v) is 8.00. The second-order valence-electron chi connectivity index (χ2n) is 6.23. The lowest BCUT2D eigenvalue weighted by Gasteiger charge is -2.19. The Kier molecular flexibility index (Phi) is 7.50. The first-order valence-corrected chi connectivity index (χ1v) is 9.43. The highest BCUT2D eigenvalue weighted by Crippen LogP contribution is 2.13. The number of carbonyl (C=O) groups is 1. The number of benzene rings is 1. The van der Waals surface area contributed by atoms with Crippen LogP contribution in [-0.2, 0) is 14.8 Å². The highest BCUT2D eigenvalue weighted by atomic mass is 32.2. The van der Waals surface area contributed by atoms with Crippen LogP contribution in [0, 0.1) is 0 Å². The molecule has 0 atom stereocenters. The minimum absolute atomic E-state index is 0.237. The van der Waals surface area contributed by atoms with E-state index in [4.69, 9.17) is 4.74 Å². The number of rotatable bonds is 8. The summed E-state index contributed by atoms with van der Waals surface area (Å²) in [6.45, 7) is 8.67. The molecule has 0 aromatic heterocycles. The molecule has 8 heteroatoms. The molecule has 0 bridgehead atoms. The Morgan fingerprint density at radius 2 is 1.75 bits per heavy atom. The summed E-state index contributed by atoms with van der Waals surface area (Å²) in [6.07, 6.45) is 0.289. The normalized spacial score (nSPS) is 11.8. The SMILES string of the molecule is CCNS(=O)(=O)c1ccc(NCCCNC(=O)OC(C)(C)C)cc1. The van der Waals surface area contributed by atoms with E-state index < -0.39 is 21.7 Å². The molecule has 1 aromatic carbocycles. The van der Waals surface area contributed by atoms with E-state index in [-0.39, 0.29) is 4.90 Å². The zero-order chi connectivity index (χ0) is 18.2. The van der Waals surface area contributed by atoms with Crippen LogP contribution in [0.4, 0.5) is 10.5 Å².